The summed E-state index contributed by atoms with van der Waals surface area (Å²) in [5, 5.41) is 23.5. The Morgan fingerprint density at radius 1 is 0.600 bits per heavy atom. The molecule has 0 heterocycles. The van der Waals surface area contributed by atoms with E-state index in [1.165, 1.54) is 64.2 Å². The molecule has 50 heavy (non-hydrogen) atoms. The molecule has 0 aliphatic heterocycles. The van der Waals surface area contributed by atoms with Gasteiger partial charge in [-0.3, -0.25) is 9.59 Å². The largest absolute Gasteiger partial charge is 0.462 e. The van der Waals surface area contributed by atoms with Crippen molar-refractivity contribution in [2.24, 2.45) is 0 Å². The van der Waals surface area contributed by atoms with E-state index in [0.29, 0.717) is 19.3 Å². The number of amides is 1. The molecule has 0 bridgehead atoms. The number of hydrogen-bond donors (Lipinski definition) is 3. The van der Waals surface area contributed by atoms with Crippen LogP contribution in [0.15, 0.2) is 36.5 Å². The van der Waals surface area contributed by atoms with Crippen LogP contribution in [0.2, 0.25) is 0 Å². The van der Waals surface area contributed by atoms with Gasteiger partial charge in [0.05, 0.1) is 25.2 Å². The summed E-state index contributed by atoms with van der Waals surface area (Å²) >= 11 is 0. The number of carbonyl (C=O) groups excluding carboxylic acids is 2. The van der Waals surface area contributed by atoms with E-state index in [0.717, 1.165) is 96.3 Å². The highest BCUT2D eigenvalue weighted by atomic mass is 16.5. The Morgan fingerprint density at radius 3 is 1.74 bits per heavy atom. The molecule has 0 aromatic rings. The summed E-state index contributed by atoms with van der Waals surface area (Å²) in [6.07, 6.45) is 42.2. The molecular weight excluding hydrogens is 622 g/mol. The molecular formula is C44H81NO5. The summed E-state index contributed by atoms with van der Waals surface area (Å²) in [4.78, 5) is 25.8. The van der Waals surface area contributed by atoms with Crippen LogP contribution in [0, 0.1) is 0 Å². The van der Waals surface area contributed by atoms with Crippen LogP contribution < -0.4 is 5.32 Å². The third-order valence-electron chi connectivity index (χ3n) is 9.43. The van der Waals surface area contributed by atoms with Gasteiger partial charge in [-0.15, -0.1) is 0 Å². The maximum absolute atomic E-state index is 13.0. The lowest BCUT2D eigenvalue weighted by Gasteiger charge is -2.24. The van der Waals surface area contributed by atoms with Crippen LogP contribution in [0.5, 0.6) is 0 Å². The molecule has 0 aromatic heterocycles. The zero-order valence-electron chi connectivity index (χ0n) is 33.0. The number of allylic oxidation sites excluding steroid dienone is 6. The number of rotatable bonds is 37. The van der Waals surface area contributed by atoms with Gasteiger partial charge in [-0.2, -0.15) is 0 Å². The Labute approximate surface area is 309 Å². The fourth-order valence-electron chi connectivity index (χ4n) is 6.23. The van der Waals surface area contributed by atoms with E-state index in [4.69, 9.17) is 4.74 Å². The molecule has 6 nitrogen and oxygen atoms in total. The zero-order valence-corrected chi connectivity index (χ0v) is 33.0. The highest BCUT2D eigenvalue weighted by molar-refractivity contribution is 5.77. The van der Waals surface area contributed by atoms with Crippen molar-refractivity contribution in [1.82, 2.24) is 5.32 Å². The van der Waals surface area contributed by atoms with Gasteiger partial charge < -0.3 is 20.3 Å². The summed E-state index contributed by atoms with van der Waals surface area (Å²) < 4.78 is 5.85. The Kier molecular flexibility index (Phi) is 36.8. The van der Waals surface area contributed by atoms with Crippen molar-refractivity contribution in [2.75, 3.05) is 6.61 Å². The van der Waals surface area contributed by atoms with Gasteiger partial charge in [0, 0.05) is 6.42 Å². The molecule has 0 aliphatic rings. The quantitative estimate of drug-likeness (QED) is 0.0340. The Balaban J connectivity index is 4.53. The molecule has 0 saturated heterocycles. The predicted molar refractivity (Wildman–Crippen MR) is 213 cm³/mol. The number of carbonyl (C=O) groups is 2. The average molecular weight is 704 g/mol. The summed E-state index contributed by atoms with van der Waals surface area (Å²) in [6, 6.07) is -0.702. The van der Waals surface area contributed by atoms with Crippen LogP contribution >= 0.6 is 0 Å². The van der Waals surface area contributed by atoms with E-state index < -0.39 is 18.2 Å². The fraction of sp³-hybridized carbons (Fsp3) is 0.818. The van der Waals surface area contributed by atoms with Gasteiger partial charge in [-0.05, 0) is 70.6 Å². The van der Waals surface area contributed by atoms with Crippen molar-refractivity contribution in [3.8, 4) is 0 Å². The lowest BCUT2D eigenvalue weighted by molar-refractivity contribution is -0.151. The first-order valence-electron chi connectivity index (χ1n) is 21.2. The van der Waals surface area contributed by atoms with Crippen LogP contribution in [0.1, 0.15) is 207 Å². The number of nitrogens with one attached hydrogen (secondary N) is 1. The number of ether oxygens (including phenoxy) is 1. The molecule has 0 radical (unpaired) electrons. The molecule has 0 aliphatic carbocycles. The number of esters is 1. The summed E-state index contributed by atoms with van der Waals surface area (Å²) in [5.74, 6) is -0.505. The minimum atomic E-state index is -0.787. The van der Waals surface area contributed by atoms with Crippen molar-refractivity contribution < 1.29 is 24.5 Å². The second-order valence-electron chi connectivity index (χ2n) is 14.4. The van der Waals surface area contributed by atoms with Crippen LogP contribution in [0.25, 0.3) is 0 Å². The standard InChI is InChI=1S/C44H81NO5/c1-4-7-10-13-16-19-20-21-22-23-25-28-31-34-37-44(49)50-40(35-32-29-26-18-15-12-9-6-3)38-43(48)45-41(39-46)42(47)36-33-30-27-24-17-14-11-8-5-2/h7,10,12,15-16,19,40-42,46-47H,4-6,8-9,11,13-14,17-18,20-39H2,1-3H3,(H,45,48)/b10-7+,15-12-,19-16+. The molecule has 1 amide bonds. The molecule has 0 aromatic carbocycles. The van der Waals surface area contributed by atoms with Crippen molar-refractivity contribution in [2.45, 2.75) is 225 Å². The van der Waals surface area contributed by atoms with Crippen LogP contribution in [0.3, 0.4) is 0 Å². The summed E-state index contributed by atoms with van der Waals surface area (Å²) in [6.45, 7) is 6.26. The number of unbranched alkanes of at least 4 members (excludes halogenated alkanes) is 19. The van der Waals surface area contributed by atoms with Crippen LogP contribution in [0.4, 0.5) is 0 Å². The van der Waals surface area contributed by atoms with Crippen LogP contribution in [-0.2, 0) is 14.3 Å². The molecule has 292 valence electrons. The molecule has 0 spiro atoms. The first-order chi connectivity index (χ1) is 24.5. The van der Waals surface area contributed by atoms with E-state index in [2.05, 4.69) is 62.5 Å². The first kappa shape index (κ1) is 48.1. The van der Waals surface area contributed by atoms with E-state index in [1.807, 2.05) is 0 Å². The third kappa shape index (κ3) is 33.2. The number of hydrogen-bond acceptors (Lipinski definition) is 5. The maximum atomic E-state index is 13.0. The van der Waals surface area contributed by atoms with Gasteiger partial charge >= 0.3 is 5.97 Å². The number of aliphatic hydroxyl groups excluding tert-OH is 2. The molecule has 0 saturated carbocycles. The second-order valence-corrected chi connectivity index (χ2v) is 14.4. The van der Waals surface area contributed by atoms with Gasteiger partial charge in [0.1, 0.15) is 6.10 Å². The Bertz CT molecular complexity index is 838. The third-order valence-corrected chi connectivity index (χ3v) is 9.43. The van der Waals surface area contributed by atoms with Gasteiger partial charge in [-0.25, -0.2) is 0 Å². The predicted octanol–water partition coefficient (Wildman–Crippen LogP) is 11.8. The first-order valence-corrected chi connectivity index (χ1v) is 21.2. The molecule has 3 N–H and O–H groups in total. The molecule has 3 unspecified atom stereocenters. The minimum absolute atomic E-state index is 0.0635. The topological polar surface area (TPSA) is 95.9 Å². The highest BCUT2D eigenvalue weighted by Gasteiger charge is 2.24. The fourth-order valence-corrected chi connectivity index (χ4v) is 6.23. The maximum Gasteiger partial charge on any atom is 0.306 e. The molecule has 3 atom stereocenters. The molecule has 0 fully saturated rings. The van der Waals surface area contributed by atoms with Gasteiger partial charge in [0.25, 0.3) is 0 Å². The Hall–Kier alpha value is -1.92. The van der Waals surface area contributed by atoms with Gasteiger partial charge in [0.15, 0.2) is 0 Å². The summed E-state index contributed by atoms with van der Waals surface area (Å²) in [5.41, 5.74) is 0. The second kappa shape index (κ2) is 38.3. The van der Waals surface area contributed by atoms with Gasteiger partial charge in [-0.1, -0.05) is 160 Å². The van der Waals surface area contributed by atoms with E-state index in [9.17, 15) is 19.8 Å². The molecule has 6 heteroatoms. The normalized spacial score (nSPS) is 13.8. The highest BCUT2D eigenvalue weighted by Crippen LogP contribution is 2.17. The van der Waals surface area contributed by atoms with Crippen molar-refractivity contribution in [3.63, 3.8) is 0 Å². The summed E-state index contributed by atoms with van der Waals surface area (Å²) in [7, 11) is 0. The minimum Gasteiger partial charge on any atom is -0.462 e. The SMILES string of the molecule is CC/C=C/C/C=C/CCCCCCCCCC(=O)OC(CCCCC/C=C\CCC)CC(=O)NC(CO)C(O)CCCCCCCCCCC. The lowest BCUT2D eigenvalue weighted by Crippen LogP contribution is -2.46. The van der Waals surface area contributed by atoms with Crippen molar-refractivity contribution >= 4 is 11.9 Å². The van der Waals surface area contributed by atoms with Crippen LogP contribution in [-0.4, -0.2) is 46.9 Å². The average Bonchev–Trinajstić information content (AvgIpc) is 3.10. The van der Waals surface area contributed by atoms with Crippen molar-refractivity contribution in [3.05, 3.63) is 36.5 Å². The van der Waals surface area contributed by atoms with E-state index >= 15 is 0 Å². The van der Waals surface area contributed by atoms with Crippen molar-refractivity contribution in [1.29, 1.82) is 0 Å². The molecule has 0 rings (SSSR count). The van der Waals surface area contributed by atoms with E-state index in [1.54, 1.807) is 0 Å². The number of aliphatic hydroxyl groups is 2. The smallest absolute Gasteiger partial charge is 0.306 e. The van der Waals surface area contributed by atoms with E-state index in [-0.39, 0.29) is 24.9 Å². The zero-order chi connectivity index (χ0) is 36.8. The monoisotopic (exact) mass is 704 g/mol. The Morgan fingerprint density at radius 2 is 1.12 bits per heavy atom. The van der Waals surface area contributed by atoms with Gasteiger partial charge in [0.2, 0.25) is 5.91 Å². The lowest BCUT2D eigenvalue weighted by atomic mass is 10.0.